The molecule has 5 rings (SSSR count). The molecule has 1 aromatic heterocycles. The van der Waals surface area contributed by atoms with E-state index in [2.05, 4.69) is 44.3 Å². The molecule has 0 bridgehead atoms. The quantitative estimate of drug-likeness (QED) is 0.353. The van der Waals surface area contributed by atoms with E-state index in [9.17, 15) is 14.4 Å². The van der Waals surface area contributed by atoms with Crippen molar-refractivity contribution in [3.63, 3.8) is 0 Å². The molecule has 2 N–H and O–H groups in total. The van der Waals surface area contributed by atoms with Gasteiger partial charge in [0.1, 0.15) is 0 Å². The molecule has 3 aliphatic rings. The van der Waals surface area contributed by atoms with Crippen LogP contribution in [-0.4, -0.2) is 87.8 Å². The van der Waals surface area contributed by atoms with Crippen LogP contribution in [0.2, 0.25) is 0 Å². The van der Waals surface area contributed by atoms with E-state index < -0.39 is 11.9 Å². The molecule has 1 saturated carbocycles. The fourth-order valence-electron chi connectivity index (χ4n) is 5.46. The second kappa shape index (κ2) is 13.5. The first-order valence-corrected chi connectivity index (χ1v) is 15.3. The predicted octanol–water partition coefficient (Wildman–Crippen LogP) is 4.75. The number of thioether (sulfide) groups is 1. The van der Waals surface area contributed by atoms with Gasteiger partial charge in [0.05, 0.1) is 16.3 Å². The summed E-state index contributed by atoms with van der Waals surface area (Å²) in [4.78, 5) is 39.3. The zero-order valence-corrected chi connectivity index (χ0v) is 23.4. The van der Waals surface area contributed by atoms with E-state index in [4.69, 9.17) is 10.2 Å². The van der Waals surface area contributed by atoms with Crippen LogP contribution in [-0.2, 0) is 14.4 Å². The number of carboxylic acids is 2. The summed E-state index contributed by atoms with van der Waals surface area (Å²) in [5.41, 5.74) is 1.41. The largest absolute Gasteiger partial charge is 0.478 e. The van der Waals surface area contributed by atoms with Crippen molar-refractivity contribution >= 4 is 56.7 Å². The Morgan fingerprint density at radius 1 is 0.921 bits per heavy atom. The maximum atomic E-state index is 12.9. The number of carbonyl (C=O) groups excluding carboxylic acids is 1. The normalized spacial score (nSPS) is 19.7. The van der Waals surface area contributed by atoms with Gasteiger partial charge < -0.3 is 20.0 Å². The van der Waals surface area contributed by atoms with Crippen LogP contribution in [0.1, 0.15) is 44.9 Å². The maximum Gasteiger partial charge on any atom is 0.328 e. The number of benzene rings is 1. The number of anilines is 1. The summed E-state index contributed by atoms with van der Waals surface area (Å²) >= 11 is 3.79. The fraction of sp³-hybridized carbons (Fsp3) is 0.536. The monoisotopic (exact) mass is 559 g/mol. The second-order valence-electron chi connectivity index (χ2n) is 10.1. The van der Waals surface area contributed by atoms with E-state index in [1.54, 1.807) is 0 Å². The predicted molar refractivity (Wildman–Crippen MR) is 154 cm³/mol. The van der Waals surface area contributed by atoms with Crippen LogP contribution in [0, 0.1) is 0 Å². The van der Waals surface area contributed by atoms with E-state index in [1.165, 1.54) is 48.0 Å². The standard InChI is InChI=1S/C24H33N3OS2.C4H4O4/c28-23-24(10-4-1-5-11-24)30-19-27(23)13-7-6-12-25-14-16-26(17-15-25)21-18-29-22-9-3-2-8-20(21)22;5-3(6)1-2-4(7)8/h2-3,8-9,18H,1,4-7,10-17,19H2;1-2H,(H,5,6)(H,7,8)/b;2-1-. The molecule has 1 amide bonds. The summed E-state index contributed by atoms with van der Waals surface area (Å²) in [7, 11) is 0. The lowest BCUT2D eigenvalue weighted by Gasteiger charge is -2.36. The molecule has 3 heterocycles. The van der Waals surface area contributed by atoms with Gasteiger partial charge in [0, 0.05) is 60.3 Å². The Labute approximate surface area is 232 Å². The van der Waals surface area contributed by atoms with Crippen LogP contribution in [0.15, 0.2) is 41.8 Å². The van der Waals surface area contributed by atoms with Crippen LogP contribution in [0.25, 0.3) is 10.1 Å². The number of thiophene rings is 1. The number of carbonyl (C=O) groups is 3. The minimum Gasteiger partial charge on any atom is -0.478 e. The van der Waals surface area contributed by atoms with Gasteiger partial charge in [-0.25, -0.2) is 9.59 Å². The number of hydrogen-bond acceptors (Lipinski definition) is 7. The first-order chi connectivity index (χ1) is 18.4. The zero-order valence-electron chi connectivity index (χ0n) is 21.7. The van der Waals surface area contributed by atoms with Gasteiger partial charge in [0.25, 0.3) is 0 Å². The highest BCUT2D eigenvalue weighted by Crippen LogP contribution is 2.46. The molecule has 2 saturated heterocycles. The molecule has 206 valence electrons. The van der Waals surface area contributed by atoms with Crippen molar-refractivity contribution in [2.45, 2.75) is 49.7 Å². The number of carboxylic acid groups (broad SMARTS) is 2. The van der Waals surface area contributed by atoms with Gasteiger partial charge in [-0.2, -0.15) is 0 Å². The molecule has 2 aromatic rings. The summed E-state index contributed by atoms with van der Waals surface area (Å²) in [5, 5.41) is 19.4. The number of nitrogens with zero attached hydrogens (tertiary/aromatic N) is 3. The van der Waals surface area contributed by atoms with E-state index in [1.807, 2.05) is 23.1 Å². The molecule has 0 unspecified atom stereocenters. The molecule has 1 spiro atoms. The van der Waals surface area contributed by atoms with Crippen LogP contribution >= 0.6 is 23.1 Å². The molecule has 3 fully saturated rings. The summed E-state index contributed by atoms with van der Waals surface area (Å²) in [6.07, 6.45) is 9.45. The number of amides is 1. The minimum atomic E-state index is -1.26. The molecule has 8 nitrogen and oxygen atoms in total. The third-order valence-corrected chi connectivity index (χ3v) is 10.1. The van der Waals surface area contributed by atoms with Crippen molar-refractivity contribution in [2.24, 2.45) is 0 Å². The molecule has 10 heteroatoms. The summed E-state index contributed by atoms with van der Waals surface area (Å²) < 4.78 is 1.35. The van der Waals surface area contributed by atoms with Gasteiger partial charge >= 0.3 is 11.9 Å². The number of unbranched alkanes of at least 4 members (excludes halogenated alkanes) is 1. The highest BCUT2D eigenvalue weighted by molar-refractivity contribution is 8.01. The highest BCUT2D eigenvalue weighted by Gasteiger charge is 2.47. The van der Waals surface area contributed by atoms with Crippen molar-refractivity contribution in [2.75, 3.05) is 50.0 Å². The van der Waals surface area contributed by atoms with Crippen LogP contribution in [0.3, 0.4) is 0 Å². The second-order valence-corrected chi connectivity index (χ2v) is 12.3. The number of aliphatic carboxylic acids is 2. The Morgan fingerprint density at radius 2 is 1.58 bits per heavy atom. The van der Waals surface area contributed by atoms with Crippen molar-refractivity contribution in [3.8, 4) is 0 Å². The summed E-state index contributed by atoms with van der Waals surface area (Å²) in [6, 6.07) is 8.75. The van der Waals surface area contributed by atoms with Crippen molar-refractivity contribution in [3.05, 3.63) is 41.8 Å². The van der Waals surface area contributed by atoms with Crippen LogP contribution in [0.4, 0.5) is 5.69 Å². The van der Waals surface area contributed by atoms with Crippen LogP contribution < -0.4 is 4.90 Å². The average molecular weight is 560 g/mol. The zero-order chi connectivity index (χ0) is 27.0. The van der Waals surface area contributed by atoms with Gasteiger partial charge in [0.15, 0.2) is 0 Å². The smallest absolute Gasteiger partial charge is 0.328 e. The van der Waals surface area contributed by atoms with Crippen LogP contribution in [0.5, 0.6) is 0 Å². The first kappa shape index (κ1) is 28.4. The molecule has 1 aromatic carbocycles. The van der Waals surface area contributed by atoms with Crippen molar-refractivity contribution in [1.29, 1.82) is 0 Å². The first-order valence-electron chi connectivity index (χ1n) is 13.4. The topological polar surface area (TPSA) is 101 Å². The lowest BCUT2D eigenvalue weighted by molar-refractivity contribution is -0.134. The number of hydrogen-bond donors (Lipinski definition) is 2. The molecule has 1 aliphatic carbocycles. The van der Waals surface area contributed by atoms with Gasteiger partial charge in [0.2, 0.25) is 5.91 Å². The lowest BCUT2D eigenvalue weighted by Crippen LogP contribution is -2.46. The Kier molecular flexibility index (Phi) is 10.1. The summed E-state index contributed by atoms with van der Waals surface area (Å²) in [6.45, 7) is 6.64. The van der Waals surface area contributed by atoms with Gasteiger partial charge in [-0.3, -0.25) is 9.69 Å². The SMILES string of the molecule is O=C(O)/C=C\C(=O)O.O=C1N(CCCCN2CCN(c3csc4ccccc34)CC2)CSC12CCCCC2. The third-order valence-electron chi connectivity index (χ3n) is 7.53. The van der Waals surface area contributed by atoms with Gasteiger partial charge in [-0.1, -0.05) is 37.5 Å². The highest BCUT2D eigenvalue weighted by atomic mass is 32.2. The maximum absolute atomic E-state index is 12.9. The lowest BCUT2D eigenvalue weighted by atomic mass is 9.87. The Hall–Kier alpha value is -2.56. The van der Waals surface area contributed by atoms with Gasteiger partial charge in [-0.05, 0) is 38.3 Å². The molecular weight excluding hydrogens is 522 g/mol. The van der Waals surface area contributed by atoms with E-state index >= 15 is 0 Å². The third kappa shape index (κ3) is 7.30. The summed E-state index contributed by atoms with van der Waals surface area (Å²) in [5.74, 6) is -1.14. The Balaban J connectivity index is 0.000000368. The molecule has 38 heavy (non-hydrogen) atoms. The fourth-order valence-corrected chi connectivity index (χ4v) is 7.91. The minimum absolute atomic E-state index is 0.0413. The molecule has 2 aliphatic heterocycles. The number of fused-ring (bicyclic) bond motifs is 1. The van der Waals surface area contributed by atoms with Gasteiger partial charge in [-0.15, -0.1) is 23.1 Å². The Morgan fingerprint density at radius 3 is 2.26 bits per heavy atom. The van der Waals surface area contributed by atoms with Crippen molar-refractivity contribution < 1.29 is 24.6 Å². The molecular formula is C28H37N3O5S2. The number of piperazine rings is 1. The van der Waals surface area contributed by atoms with E-state index in [-0.39, 0.29) is 4.75 Å². The molecule has 0 radical (unpaired) electrons. The van der Waals surface area contributed by atoms with E-state index in [0.29, 0.717) is 18.1 Å². The average Bonchev–Trinajstić information content (AvgIpc) is 3.48. The van der Waals surface area contributed by atoms with Crippen molar-refractivity contribution in [1.82, 2.24) is 9.80 Å². The van der Waals surface area contributed by atoms with E-state index in [0.717, 1.165) is 57.9 Å². The Bertz CT molecular complexity index is 1120. The number of rotatable bonds is 8. The molecule has 0 atom stereocenters.